The predicted octanol–water partition coefficient (Wildman–Crippen LogP) is 3.51. The fourth-order valence-electron chi connectivity index (χ4n) is 2.57. The standard InChI is InChI=1S/C16H12F3N3O2/c1-9-14-11(16(17,18)19)7-12(10-5-3-2-4-6-10)20-15(14)22(21-9)8-13(23)24/h2-7H,8H2,1H3,(H,23,24). The largest absolute Gasteiger partial charge is 0.480 e. The smallest absolute Gasteiger partial charge is 0.417 e. The molecule has 0 saturated carbocycles. The van der Waals surface area contributed by atoms with Gasteiger partial charge in [0.2, 0.25) is 0 Å². The summed E-state index contributed by atoms with van der Waals surface area (Å²) in [5, 5.41) is 12.7. The van der Waals surface area contributed by atoms with Crippen LogP contribution < -0.4 is 0 Å². The van der Waals surface area contributed by atoms with Crippen LogP contribution in [0.5, 0.6) is 0 Å². The maximum absolute atomic E-state index is 13.5. The molecular weight excluding hydrogens is 323 g/mol. The minimum absolute atomic E-state index is 0.0886. The molecule has 24 heavy (non-hydrogen) atoms. The Morgan fingerprint density at radius 3 is 2.50 bits per heavy atom. The van der Waals surface area contributed by atoms with Crippen molar-refractivity contribution in [1.82, 2.24) is 14.8 Å². The second-order valence-electron chi connectivity index (χ2n) is 5.25. The summed E-state index contributed by atoms with van der Waals surface area (Å²) in [7, 11) is 0. The number of carboxylic acids is 1. The van der Waals surface area contributed by atoms with Crippen molar-refractivity contribution in [3.05, 3.63) is 47.7 Å². The Balaban J connectivity index is 2.35. The van der Waals surface area contributed by atoms with Crippen molar-refractivity contribution in [2.45, 2.75) is 19.6 Å². The van der Waals surface area contributed by atoms with Crippen LogP contribution in [0.15, 0.2) is 36.4 Å². The summed E-state index contributed by atoms with van der Waals surface area (Å²) in [5.41, 5.74) is -0.262. The number of rotatable bonds is 3. The second kappa shape index (κ2) is 5.63. The fourth-order valence-corrected chi connectivity index (χ4v) is 2.57. The normalized spacial score (nSPS) is 11.8. The molecule has 0 unspecified atom stereocenters. The van der Waals surface area contributed by atoms with Crippen LogP contribution in [0.3, 0.4) is 0 Å². The number of aromatic nitrogens is 3. The molecule has 0 aliphatic heterocycles. The molecule has 2 heterocycles. The Morgan fingerprint density at radius 1 is 1.25 bits per heavy atom. The van der Waals surface area contributed by atoms with Crippen molar-refractivity contribution in [2.75, 3.05) is 0 Å². The molecule has 5 nitrogen and oxygen atoms in total. The zero-order valence-corrected chi connectivity index (χ0v) is 12.5. The molecule has 1 aromatic carbocycles. The lowest BCUT2D eigenvalue weighted by molar-refractivity contribution is -0.138. The van der Waals surface area contributed by atoms with E-state index in [1.54, 1.807) is 30.3 Å². The van der Waals surface area contributed by atoms with Crippen LogP contribution in [0, 0.1) is 6.92 Å². The van der Waals surface area contributed by atoms with Gasteiger partial charge in [-0.1, -0.05) is 30.3 Å². The quantitative estimate of drug-likeness (QED) is 0.795. The van der Waals surface area contributed by atoms with Crippen molar-refractivity contribution < 1.29 is 23.1 Å². The van der Waals surface area contributed by atoms with Gasteiger partial charge in [0.25, 0.3) is 0 Å². The number of alkyl halides is 3. The van der Waals surface area contributed by atoms with E-state index in [1.165, 1.54) is 6.92 Å². The van der Waals surface area contributed by atoms with E-state index in [1.807, 2.05) is 0 Å². The van der Waals surface area contributed by atoms with Crippen molar-refractivity contribution in [1.29, 1.82) is 0 Å². The summed E-state index contributed by atoms with van der Waals surface area (Å²) >= 11 is 0. The minimum Gasteiger partial charge on any atom is -0.480 e. The summed E-state index contributed by atoms with van der Waals surface area (Å²) < 4.78 is 41.4. The van der Waals surface area contributed by atoms with E-state index in [0.29, 0.717) is 5.56 Å². The zero-order valence-electron chi connectivity index (χ0n) is 12.5. The van der Waals surface area contributed by atoms with E-state index in [4.69, 9.17) is 5.11 Å². The molecule has 124 valence electrons. The topological polar surface area (TPSA) is 68.0 Å². The Kier molecular flexibility index (Phi) is 3.75. The Labute approximate surface area is 134 Å². The van der Waals surface area contributed by atoms with E-state index in [9.17, 15) is 18.0 Å². The molecule has 0 aliphatic carbocycles. The number of carbonyl (C=O) groups is 1. The van der Waals surface area contributed by atoms with Crippen molar-refractivity contribution in [2.24, 2.45) is 0 Å². The molecular formula is C16H12F3N3O2. The summed E-state index contributed by atoms with van der Waals surface area (Å²) in [6, 6.07) is 9.36. The van der Waals surface area contributed by atoms with Gasteiger partial charge in [0, 0.05) is 5.56 Å². The fraction of sp³-hybridized carbons (Fsp3) is 0.188. The second-order valence-corrected chi connectivity index (χ2v) is 5.25. The lowest BCUT2D eigenvalue weighted by atomic mass is 10.1. The number of aliphatic carboxylic acids is 1. The summed E-state index contributed by atoms with van der Waals surface area (Å²) in [6.07, 6.45) is -4.60. The van der Waals surface area contributed by atoms with Gasteiger partial charge in [0.15, 0.2) is 5.65 Å². The number of fused-ring (bicyclic) bond motifs is 1. The first kappa shape index (κ1) is 16.0. The number of halogens is 3. The molecule has 0 spiro atoms. The highest BCUT2D eigenvalue weighted by atomic mass is 19.4. The molecule has 3 rings (SSSR count). The van der Waals surface area contributed by atoms with Crippen molar-refractivity contribution in [3.8, 4) is 11.3 Å². The third kappa shape index (κ3) is 2.82. The highest BCUT2D eigenvalue weighted by Gasteiger charge is 2.35. The molecule has 0 saturated heterocycles. The van der Waals surface area contributed by atoms with Crippen LogP contribution in [0.4, 0.5) is 13.2 Å². The molecule has 0 atom stereocenters. The Bertz CT molecular complexity index is 918. The van der Waals surface area contributed by atoms with Gasteiger partial charge in [0.1, 0.15) is 6.54 Å². The Hall–Kier alpha value is -2.90. The van der Waals surface area contributed by atoms with Gasteiger partial charge in [-0.25, -0.2) is 9.67 Å². The van der Waals surface area contributed by atoms with E-state index in [2.05, 4.69) is 10.1 Å². The van der Waals surface area contributed by atoms with Crippen LogP contribution >= 0.6 is 0 Å². The number of carboxylic acid groups (broad SMARTS) is 1. The van der Waals surface area contributed by atoms with Crippen LogP contribution in [0.1, 0.15) is 11.3 Å². The first-order valence-corrected chi connectivity index (χ1v) is 7.00. The number of hydrogen-bond donors (Lipinski definition) is 1. The average molecular weight is 335 g/mol. The number of nitrogens with zero attached hydrogens (tertiary/aromatic N) is 3. The van der Waals surface area contributed by atoms with Crippen LogP contribution in [-0.2, 0) is 17.5 Å². The van der Waals surface area contributed by atoms with E-state index in [0.717, 1.165) is 10.7 Å². The van der Waals surface area contributed by atoms with Gasteiger partial charge in [-0.15, -0.1) is 0 Å². The molecule has 8 heteroatoms. The molecule has 0 aliphatic rings. The zero-order chi connectivity index (χ0) is 17.5. The molecule has 1 N–H and O–H groups in total. The SMILES string of the molecule is Cc1nn(CC(=O)O)c2nc(-c3ccccc3)cc(C(F)(F)F)c12. The number of benzene rings is 1. The van der Waals surface area contributed by atoms with Crippen molar-refractivity contribution in [3.63, 3.8) is 0 Å². The highest BCUT2D eigenvalue weighted by molar-refractivity contribution is 5.86. The van der Waals surface area contributed by atoms with E-state index >= 15 is 0 Å². The third-order valence-corrected chi connectivity index (χ3v) is 3.54. The van der Waals surface area contributed by atoms with Crippen LogP contribution in [-0.4, -0.2) is 25.8 Å². The molecule has 0 radical (unpaired) electrons. The summed E-state index contributed by atoms with van der Waals surface area (Å²) in [4.78, 5) is 15.2. The molecule has 0 fully saturated rings. The van der Waals surface area contributed by atoms with Gasteiger partial charge in [-0.3, -0.25) is 4.79 Å². The molecule has 0 bridgehead atoms. The van der Waals surface area contributed by atoms with Gasteiger partial charge in [0.05, 0.1) is 22.3 Å². The summed E-state index contributed by atoms with van der Waals surface area (Å²) in [5.74, 6) is -1.21. The monoisotopic (exact) mass is 335 g/mol. The van der Waals surface area contributed by atoms with Gasteiger partial charge in [-0.05, 0) is 13.0 Å². The van der Waals surface area contributed by atoms with E-state index < -0.39 is 24.3 Å². The van der Waals surface area contributed by atoms with Crippen molar-refractivity contribution >= 4 is 17.0 Å². The average Bonchev–Trinajstić information content (AvgIpc) is 2.82. The minimum atomic E-state index is -4.60. The van der Waals surface area contributed by atoms with Crippen LogP contribution in [0.2, 0.25) is 0 Å². The van der Waals surface area contributed by atoms with Crippen LogP contribution in [0.25, 0.3) is 22.3 Å². The first-order valence-electron chi connectivity index (χ1n) is 7.00. The molecule has 3 aromatic rings. The lowest BCUT2D eigenvalue weighted by Gasteiger charge is -2.11. The first-order chi connectivity index (χ1) is 11.3. The molecule has 0 amide bonds. The lowest BCUT2D eigenvalue weighted by Crippen LogP contribution is -2.12. The van der Waals surface area contributed by atoms with Gasteiger partial charge < -0.3 is 5.11 Å². The van der Waals surface area contributed by atoms with Gasteiger partial charge >= 0.3 is 12.1 Å². The third-order valence-electron chi connectivity index (χ3n) is 3.54. The molecule has 2 aromatic heterocycles. The predicted molar refractivity (Wildman–Crippen MR) is 80.3 cm³/mol. The number of aryl methyl sites for hydroxylation is 1. The maximum atomic E-state index is 13.5. The van der Waals surface area contributed by atoms with E-state index in [-0.39, 0.29) is 22.4 Å². The highest BCUT2D eigenvalue weighted by Crippen LogP contribution is 2.38. The summed E-state index contributed by atoms with van der Waals surface area (Å²) in [6.45, 7) is 0.840. The number of pyridine rings is 1. The Morgan fingerprint density at radius 2 is 1.92 bits per heavy atom. The van der Waals surface area contributed by atoms with Gasteiger partial charge in [-0.2, -0.15) is 18.3 Å². The number of hydrogen-bond acceptors (Lipinski definition) is 3. The maximum Gasteiger partial charge on any atom is 0.417 e.